The van der Waals surface area contributed by atoms with Crippen molar-refractivity contribution in [3.8, 4) is 0 Å². The minimum absolute atomic E-state index is 0.0594. The Hall–Kier alpha value is -2.29. The molecule has 0 heterocycles. The predicted octanol–water partition coefficient (Wildman–Crippen LogP) is 4.54. The lowest BCUT2D eigenvalue weighted by Crippen LogP contribution is -2.52. The second-order valence-corrected chi connectivity index (χ2v) is 11.7. The Kier molecular flexibility index (Phi) is 9.07. The van der Waals surface area contributed by atoms with Crippen LogP contribution in [-0.2, 0) is 26.2 Å². The molecule has 7 nitrogen and oxygen atoms in total. The van der Waals surface area contributed by atoms with Crippen LogP contribution in [0.2, 0.25) is 10.0 Å². The van der Waals surface area contributed by atoms with Crippen LogP contribution in [0.1, 0.15) is 43.7 Å². The third-order valence-electron chi connectivity index (χ3n) is 6.29. The van der Waals surface area contributed by atoms with Gasteiger partial charge < -0.3 is 10.2 Å². The van der Waals surface area contributed by atoms with Gasteiger partial charge >= 0.3 is 0 Å². The van der Waals surface area contributed by atoms with Crippen molar-refractivity contribution in [2.75, 3.05) is 17.1 Å². The first-order valence-corrected chi connectivity index (χ1v) is 14.1. The van der Waals surface area contributed by atoms with Crippen LogP contribution in [0.25, 0.3) is 0 Å². The van der Waals surface area contributed by atoms with Crippen LogP contribution in [0.5, 0.6) is 0 Å². The van der Waals surface area contributed by atoms with Gasteiger partial charge in [-0.1, -0.05) is 60.3 Å². The maximum absolute atomic E-state index is 13.6. The van der Waals surface area contributed by atoms with E-state index in [9.17, 15) is 18.0 Å². The summed E-state index contributed by atoms with van der Waals surface area (Å²) in [5.74, 6) is -0.800. The van der Waals surface area contributed by atoms with Crippen molar-refractivity contribution in [3.05, 3.63) is 63.6 Å². The van der Waals surface area contributed by atoms with Crippen molar-refractivity contribution in [1.82, 2.24) is 10.2 Å². The van der Waals surface area contributed by atoms with Crippen LogP contribution >= 0.6 is 23.2 Å². The number of hydrogen-bond donors (Lipinski definition) is 1. The lowest BCUT2D eigenvalue weighted by molar-refractivity contribution is -0.139. The van der Waals surface area contributed by atoms with Crippen molar-refractivity contribution >= 4 is 50.7 Å². The Balaban J connectivity index is 1.92. The largest absolute Gasteiger partial charge is 0.352 e. The van der Waals surface area contributed by atoms with Crippen LogP contribution in [0, 0.1) is 6.92 Å². The minimum atomic E-state index is -3.83. The van der Waals surface area contributed by atoms with Gasteiger partial charge in [0, 0.05) is 22.6 Å². The Morgan fingerprint density at radius 2 is 1.77 bits per heavy atom. The van der Waals surface area contributed by atoms with Gasteiger partial charge in [0.05, 0.1) is 11.9 Å². The number of halogens is 2. The molecule has 0 spiro atoms. The maximum atomic E-state index is 13.6. The highest BCUT2D eigenvalue weighted by molar-refractivity contribution is 7.92. The van der Waals surface area contributed by atoms with Crippen molar-refractivity contribution in [2.45, 2.75) is 58.2 Å². The summed E-state index contributed by atoms with van der Waals surface area (Å²) in [5, 5.41) is 3.84. The third kappa shape index (κ3) is 7.12. The van der Waals surface area contributed by atoms with Gasteiger partial charge in [-0.05, 0) is 56.0 Å². The fraction of sp³-hybridized carbons (Fsp3) is 0.440. The molecule has 1 aliphatic rings. The summed E-state index contributed by atoms with van der Waals surface area (Å²) >= 11 is 12.5. The molecule has 3 rings (SSSR count). The van der Waals surface area contributed by atoms with E-state index >= 15 is 0 Å². The van der Waals surface area contributed by atoms with E-state index in [0.29, 0.717) is 26.9 Å². The molecule has 2 aromatic rings. The van der Waals surface area contributed by atoms with Crippen LogP contribution in [-0.4, -0.2) is 50.0 Å². The highest BCUT2D eigenvalue weighted by atomic mass is 35.5. The molecule has 0 aliphatic heterocycles. The number of nitrogens with one attached hydrogen (secondary N) is 1. The number of nitrogens with zero attached hydrogens (tertiary/aromatic N) is 2. The number of anilines is 1. The Morgan fingerprint density at radius 1 is 1.11 bits per heavy atom. The Morgan fingerprint density at radius 3 is 2.40 bits per heavy atom. The standard InChI is InChI=1S/C25H31Cl2N3O4S/c1-17-12-13-20(26)14-23(17)30(35(3,33)34)16-24(31)29(15-19-8-4-7-11-22(19)27)18(2)25(32)28-21-9-5-6-10-21/h4,7-8,11-14,18,21H,5-6,9-10,15-16H2,1-3H3,(H,28,32)/t18-/m1/s1. The van der Waals surface area contributed by atoms with E-state index in [1.54, 1.807) is 50.2 Å². The first-order chi connectivity index (χ1) is 16.5. The van der Waals surface area contributed by atoms with E-state index in [1.165, 1.54) is 11.0 Å². The number of sulfonamides is 1. The topological polar surface area (TPSA) is 86.8 Å². The van der Waals surface area contributed by atoms with Gasteiger partial charge in [-0.25, -0.2) is 8.42 Å². The molecule has 1 fully saturated rings. The van der Waals surface area contributed by atoms with Crippen molar-refractivity contribution in [2.24, 2.45) is 0 Å². The molecule has 0 radical (unpaired) electrons. The summed E-state index contributed by atoms with van der Waals surface area (Å²) < 4.78 is 26.4. The molecule has 35 heavy (non-hydrogen) atoms. The average Bonchev–Trinajstić information content (AvgIpc) is 3.30. The van der Waals surface area contributed by atoms with Crippen molar-refractivity contribution in [1.29, 1.82) is 0 Å². The summed E-state index contributed by atoms with van der Waals surface area (Å²) in [4.78, 5) is 28.1. The second kappa shape index (κ2) is 11.6. The molecule has 0 saturated heterocycles. The van der Waals surface area contributed by atoms with Gasteiger partial charge in [0.1, 0.15) is 12.6 Å². The lowest BCUT2D eigenvalue weighted by Gasteiger charge is -2.32. The first-order valence-electron chi connectivity index (χ1n) is 11.5. The zero-order chi connectivity index (χ0) is 25.8. The number of carbonyl (C=O) groups is 2. The molecule has 1 N–H and O–H groups in total. The fourth-order valence-electron chi connectivity index (χ4n) is 4.23. The van der Waals surface area contributed by atoms with Crippen molar-refractivity contribution < 1.29 is 18.0 Å². The Labute approximate surface area is 217 Å². The van der Waals surface area contributed by atoms with Crippen LogP contribution < -0.4 is 9.62 Å². The van der Waals surface area contributed by atoms with Gasteiger partial charge in [-0.3, -0.25) is 13.9 Å². The molecule has 0 bridgehead atoms. The average molecular weight is 541 g/mol. The summed E-state index contributed by atoms with van der Waals surface area (Å²) in [6.45, 7) is 2.97. The number of hydrogen-bond acceptors (Lipinski definition) is 4. The Bertz CT molecular complexity index is 1180. The molecule has 190 valence electrons. The quantitative estimate of drug-likeness (QED) is 0.506. The van der Waals surface area contributed by atoms with E-state index in [-0.39, 0.29) is 18.5 Å². The molecule has 1 aliphatic carbocycles. The van der Waals surface area contributed by atoms with Crippen molar-refractivity contribution in [3.63, 3.8) is 0 Å². The van der Waals surface area contributed by atoms with Crippen LogP contribution in [0.15, 0.2) is 42.5 Å². The molecule has 2 amide bonds. The number of rotatable bonds is 9. The number of carbonyl (C=O) groups excluding carboxylic acids is 2. The molecule has 1 saturated carbocycles. The highest BCUT2D eigenvalue weighted by Gasteiger charge is 2.32. The van der Waals surface area contributed by atoms with Gasteiger partial charge in [-0.15, -0.1) is 0 Å². The molecule has 1 atom stereocenters. The molecular weight excluding hydrogens is 509 g/mol. The highest BCUT2D eigenvalue weighted by Crippen LogP contribution is 2.27. The van der Waals surface area contributed by atoms with Gasteiger partial charge in [0.25, 0.3) is 0 Å². The summed E-state index contributed by atoms with van der Waals surface area (Å²) in [7, 11) is -3.83. The second-order valence-electron chi connectivity index (χ2n) is 8.98. The lowest BCUT2D eigenvalue weighted by atomic mass is 10.1. The summed E-state index contributed by atoms with van der Waals surface area (Å²) in [6, 6.07) is 11.2. The smallest absolute Gasteiger partial charge is 0.244 e. The maximum Gasteiger partial charge on any atom is 0.244 e. The fourth-order valence-corrected chi connectivity index (χ4v) is 5.49. The summed E-state index contributed by atoms with van der Waals surface area (Å²) in [5.41, 5.74) is 1.62. The predicted molar refractivity (Wildman–Crippen MR) is 140 cm³/mol. The number of aryl methyl sites for hydroxylation is 1. The minimum Gasteiger partial charge on any atom is -0.352 e. The van der Waals surface area contributed by atoms with Crippen LogP contribution in [0.4, 0.5) is 5.69 Å². The van der Waals surface area contributed by atoms with Crippen LogP contribution in [0.3, 0.4) is 0 Å². The molecular formula is C25H31Cl2N3O4S. The van der Waals surface area contributed by atoms with Gasteiger partial charge in [-0.2, -0.15) is 0 Å². The van der Waals surface area contributed by atoms with E-state index in [2.05, 4.69) is 5.32 Å². The first kappa shape index (κ1) is 27.3. The van der Waals surface area contributed by atoms with E-state index in [4.69, 9.17) is 23.2 Å². The number of amides is 2. The van der Waals surface area contributed by atoms with E-state index < -0.39 is 28.5 Å². The van der Waals surface area contributed by atoms with Gasteiger partial charge in [0.2, 0.25) is 21.8 Å². The van der Waals surface area contributed by atoms with E-state index in [0.717, 1.165) is 36.2 Å². The number of benzene rings is 2. The molecule has 0 aromatic heterocycles. The summed E-state index contributed by atoms with van der Waals surface area (Å²) in [6.07, 6.45) is 4.97. The molecule has 0 unspecified atom stereocenters. The third-order valence-corrected chi connectivity index (χ3v) is 8.02. The zero-order valence-corrected chi connectivity index (χ0v) is 22.5. The monoisotopic (exact) mass is 539 g/mol. The van der Waals surface area contributed by atoms with Gasteiger partial charge in [0.15, 0.2) is 0 Å². The SMILES string of the molecule is Cc1ccc(Cl)cc1N(CC(=O)N(Cc1ccccc1Cl)[C@H](C)C(=O)NC1CCCC1)S(C)(=O)=O. The normalized spacial score (nSPS) is 15.0. The van der Waals surface area contributed by atoms with E-state index in [1.807, 2.05) is 0 Å². The molecule has 10 heteroatoms. The molecule has 2 aromatic carbocycles. The zero-order valence-electron chi connectivity index (χ0n) is 20.1.